The number of carbonyl (C=O) groups is 3. The molecule has 218 valence electrons. The van der Waals surface area contributed by atoms with E-state index in [0.29, 0.717) is 25.0 Å². The summed E-state index contributed by atoms with van der Waals surface area (Å²) >= 11 is 6.42. The standard InChI is InChI=1S/C31H35ClFN3O5/c1-35-17-25(24-6-2-3-7-29(24)35)30(38)34-28-15-27(33)20(14-26(28)32)13-22(37)16-36-12-4-5-21(36)18-41-23-10-8-19(9-11-23)31(39)40/h2-3,6-7,14-15,17,19,21,23H,4-5,8-13,16,18H2,1H3,(H,34,38)(H,39,40)/t19?,21-,23?/m0/s1. The zero-order chi connectivity index (χ0) is 29.1. The van der Waals surface area contributed by atoms with Gasteiger partial charge in [0.1, 0.15) is 5.82 Å². The van der Waals surface area contributed by atoms with Crippen molar-refractivity contribution >= 4 is 45.9 Å². The molecule has 1 atom stereocenters. The van der Waals surface area contributed by atoms with Gasteiger partial charge in [0.25, 0.3) is 5.91 Å². The van der Waals surface area contributed by atoms with Crippen molar-refractivity contribution in [2.24, 2.45) is 13.0 Å². The van der Waals surface area contributed by atoms with Crippen LogP contribution in [0.1, 0.15) is 54.4 Å². The first-order valence-corrected chi connectivity index (χ1v) is 14.5. The van der Waals surface area contributed by atoms with Crippen molar-refractivity contribution in [1.82, 2.24) is 9.47 Å². The average Bonchev–Trinajstić information content (AvgIpc) is 3.54. The summed E-state index contributed by atoms with van der Waals surface area (Å²) < 4.78 is 23.0. The first kappa shape index (κ1) is 29.2. The number of aliphatic carboxylic acids is 1. The molecule has 2 aromatic carbocycles. The zero-order valence-electron chi connectivity index (χ0n) is 23.1. The van der Waals surface area contributed by atoms with Crippen LogP contribution < -0.4 is 5.32 Å². The topological polar surface area (TPSA) is 101 Å². The fraction of sp³-hybridized carbons (Fsp3) is 0.452. The number of carboxylic acid groups (broad SMARTS) is 1. The number of aromatic nitrogens is 1. The molecule has 1 aliphatic heterocycles. The fourth-order valence-corrected chi connectivity index (χ4v) is 6.28. The number of likely N-dealkylation sites (tertiary alicyclic amines) is 1. The van der Waals surface area contributed by atoms with Crippen molar-refractivity contribution in [3.63, 3.8) is 0 Å². The lowest BCUT2D eigenvalue weighted by atomic mass is 9.87. The molecule has 5 rings (SSSR count). The van der Waals surface area contributed by atoms with Crippen molar-refractivity contribution in [1.29, 1.82) is 0 Å². The van der Waals surface area contributed by atoms with E-state index in [1.807, 2.05) is 35.9 Å². The number of nitrogens with one attached hydrogen (secondary N) is 1. The van der Waals surface area contributed by atoms with Gasteiger partial charge in [0.05, 0.1) is 41.4 Å². The van der Waals surface area contributed by atoms with E-state index < -0.39 is 17.7 Å². The van der Waals surface area contributed by atoms with Crippen LogP contribution in [-0.2, 0) is 27.8 Å². The largest absolute Gasteiger partial charge is 0.481 e. The van der Waals surface area contributed by atoms with Crippen molar-refractivity contribution < 1.29 is 28.6 Å². The van der Waals surface area contributed by atoms with E-state index in [-0.39, 0.29) is 53.1 Å². The van der Waals surface area contributed by atoms with E-state index in [2.05, 4.69) is 10.2 Å². The lowest BCUT2D eigenvalue weighted by Crippen LogP contribution is -2.39. The molecule has 1 saturated carbocycles. The van der Waals surface area contributed by atoms with Gasteiger partial charge in [0.15, 0.2) is 5.78 Å². The molecule has 8 nitrogen and oxygen atoms in total. The predicted octanol–water partition coefficient (Wildman–Crippen LogP) is 5.46. The highest BCUT2D eigenvalue weighted by Gasteiger charge is 2.30. The van der Waals surface area contributed by atoms with Gasteiger partial charge >= 0.3 is 5.97 Å². The van der Waals surface area contributed by atoms with Crippen molar-refractivity contribution in [3.8, 4) is 0 Å². The second kappa shape index (κ2) is 12.7. The van der Waals surface area contributed by atoms with Crippen molar-refractivity contribution in [2.45, 2.75) is 57.1 Å². The minimum absolute atomic E-state index is 0.0552. The maximum atomic E-state index is 15.1. The molecule has 2 aliphatic rings. The Bertz CT molecular complexity index is 1450. The van der Waals surface area contributed by atoms with E-state index in [1.54, 1.807) is 6.20 Å². The zero-order valence-corrected chi connectivity index (χ0v) is 23.8. The van der Waals surface area contributed by atoms with E-state index in [0.717, 1.165) is 43.1 Å². The molecule has 1 saturated heterocycles. The molecule has 0 spiro atoms. The summed E-state index contributed by atoms with van der Waals surface area (Å²) in [5.74, 6) is -2.14. The maximum absolute atomic E-state index is 15.1. The lowest BCUT2D eigenvalue weighted by Gasteiger charge is -2.29. The van der Waals surface area contributed by atoms with Crippen LogP contribution in [0.25, 0.3) is 10.9 Å². The predicted molar refractivity (Wildman–Crippen MR) is 155 cm³/mol. The minimum atomic E-state index is -0.734. The molecular weight excluding hydrogens is 549 g/mol. The van der Waals surface area contributed by atoms with Crippen LogP contribution in [0.2, 0.25) is 5.02 Å². The maximum Gasteiger partial charge on any atom is 0.306 e. The first-order chi connectivity index (χ1) is 19.7. The number of ketones is 1. The second-order valence-corrected chi connectivity index (χ2v) is 11.6. The van der Waals surface area contributed by atoms with E-state index in [1.165, 1.54) is 12.1 Å². The number of hydrogen-bond donors (Lipinski definition) is 2. The Balaban J connectivity index is 1.15. The number of carbonyl (C=O) groups excluding carboxylic acids is 2. The number of carboxylic acids is 1. The normalized spacial score (nSPS) is 21.3. The third-order valence-electron chi connectivity index (χ3n) is 8.34. The summed E-state index contributed by atoms with van der Waals surface area (Å²) in [5.41, 5.74) is 1.69. The number of amides is 1. The number of ether oxygens (including phenoxy) is 1. The van der Waals surface area contributed by atoms with Gasteiger partial charge in [-0.15, -0.1) is 0 Å². The Morgan fingerprint density at radius 2 is 1.88 bits per heavy atom. The fourth-order valence-electron chi connectivity index (χ4n) is 6.04. The van der Waals surface area contributed by atoms with Gasteiger partial charge in [0, 0.05) is 36.6 Å². The Labute approximate surface area is 243 Å². The van der Waals surface area contributed by atoms with Gasteiger partial charge in [0.2, 0.25) is 0 Å². The third kappa shape index (κ3) is 6.80. The highest BCUT2D eigenvalue weighted by molar-refractivity contribution is 6.34. The van der Waals surface area contributed by atoms with Crippen LogP contribution >= 0.6 is 11.6 Å². The summed E-state index contributed by atoms with van der Waals surface area (Å²) in [7, 11) is 1.85. The summed E-state index contributed by atoms with van der Waals surface area (Å²) in [6.45, 7) is 1.46. The lowest BCUT2D eigenvalue weighted by molar-refractivity contribution is -0.143. The number of fused-ring (bicyclic) bond motifs is 1. The Hall–Kier alpha value is -3.27. The number of hydrogen-bond acceptors (Lipinski definition) is 5. The number of nitrogens with zero attached hydrogens (tertiary/aromatic N) is 2. The van der Waals surface area contributed by atoms with Crippen LogP contribution in [0.5, 0.6) is 0 Å². The van der Waals surface area contributed by atoms with Gasteiger partial charge in [-0.3, -0.25) is 19.3 Å². The molecule has 0 unspecified atom stereocenters. The molecule has 3 aromatic rings. The van der Waals surface area contributed by atoms with Crippen LogP contribution in [0, 0.1) is 11.7 Å². The van der Waals surface area contributed by atoms with E-state index in [4.69, 9.17) is 16.3 Å². The molecule has 1 aromatic heterocycles. The molecule has 0 bridgehead atoms. The van der Waals surface area contributed by atoms with Crippen LogP contribution in [0.4, 0.5) is 10.1 Å². The number of Topliss-reactive ketones (excluding diaryl/α,β-unsaturated/α-hetero) is 1. The quantitative estimate of drug-likeness (QED) is 0.329. The highest BCUT2D eigenvalue weighted by atomic mass is 35.5. The number of halogens is 2. The van der Waals surface area contributed by atoms with Crippen molar-refractivity contribution in [3.05, 3.63) is 64.6 Å². The summed E-state index contributed by atoms with van der Waals surface area (Å²) in [5, 5.41) is 12.8. The third-order valence-corrected chi connectivity index (χ3v) is 8.65. The number of aryl methyl sites for hydroxylation is 1. The highest BCUT2D eigenvalue weighted by Crippen LogP contribution is 2.30. The monoisotopic (exact) mass is 583 g/mol. The molecule has 2 N–H and O–H groups in total. The SMILES string of the molecule is Cn1cc(C(=O)Nc2cc(F)c(CC(=O)CN3CCC[C@H]3COC3CCC(C(=O)O)CC3)cc2Cl)c2ccccc21. The van der Waals surface area contributed by atoms with Gasteiger partial charge in [-0.2, -0.15) is 0 Å². The van der Waals surface area contributed by atoms with Gasteiger partial charge in [-0.25, -0.2) is 4.39 Å². The molecule has 1 amide bonds. The van der Waals surface area contributed by atoms with Gasteiger partial charge in [-0.05, 0) is 68.8 Å². The molecular formula is C31H35ClFN3O5. The smallest absolute Gasteiger partial charge is 0.306 e. The van der Waals surface area contributed by atoms with E-state index in [9.17, 15) is 19.5 Å². The van der Waals surface area contributed by atoms with Crippen LogP contribution in [-0.4, -0.2) is 64.1 Å². The summed E-state index contributed by atoms with van der Waals surface area (Å²) in [6, 6.07) is 10.2. The second-order valence-electron chi connectivity index (χ2n) is 11.2. The Morgan fingerprint density at radius 3 is 2.63 bits per heavy atom. The Kier molecular flexibility index (Phi) is 9.06. The number of para-hydroxylation sites is 1. The Morgan fingerprint density at radius 1 is 1.12 bits per heavy atom. The molecule has 41 heavy (non-hydrogen) atoms. The van der Waals surface area contributed by atoms with Gasteiger partial charge < -0.3 is 19.7 Å². The minimum Gasteiger partial charge on any atom is -0.481 e. The number of anilines is 1. The van der Waals surface area contributed by atoms with Crippen LogP contribution in [0.15, 0.2) is 42.6 Å². The number of rotatable bonds is 10. The molecule has 2 fully saturated rings. The van der Waals surface area contributed by atoms with Gasteiger partial charge in [-0.1, -0.05) is 29.8 Å². The molecule has 1 aliphatic carbocycles. The van der Waals surface area contributed by atoms with Crippen LogP contribution in [0.3, 0.4) is 0 Å². The number of benzene rings is 2. The summed E-state index contributed by atoms with van der Waals surface area (Å²) in [4.78, 5) is 39.2. The molecule has 10 heteroatoms. The van der Waals surface area contributed by atoms with E-state index >= 15 is 4.39 Å². The molecule has 2 heterocycles. The first-order valence-electron chi connectivity index (χ1n) is 14.1. The average molecular weight is 584 g/mol. The molecule has 0 radical (unpaired) electrons. The van der Waals surface area contributed by atoms with Crippen molar-refractivity contribution in [2.75, 3.05) is 25.0 Å². The summed E-state index contributed by atoms with van der Waals surface area (Å²) in [6.07, 6.45) is 6.28.